The molecule has 0 unspecified atom stereocenters. The van der Waals surface area contributed by atoms with Gasteiger partial charge in [-0.25, -0.2) is 0 Å². The van der Waals surface area contributed by atoms with Gasteiger partial charge < -0.3 is 0 Å². The summed E-state index contributed by atoms with van der Waals surface area (Å²) in [7, 11) is -3.75. The third kappa shape index (κ3) is 3.63. The van der Waals surface area contributed by atoms with Crippen molar-refractivity contribution in [2.75, 3.05) is 0 Å². The largest absolute Gasteiger partial charge is 0.300 e. The second-order valence-corrected chi connectivity index (χ2v) is 14.5. The van der Waals surface area contributed by atoms with Crippen molar-refractivity contribution in [1.82, 2.24) is 0 Å². The number of hydrogen-bond donors (Lipinski definition) is 0. The molecule has 0 N–H and O–H groups in total. The molecule has 4 aliphatic carbocycles. The maximum atomic E-state index is 13.0. The molecule has 1 aromatic rings. The predicted molar refractivity (Wildman–Crippen MR) is 134 cm³/mol. The van der Waals surface area contributed by atoms with E-state index in [-0.39, 0.29) is 33.2 Å². The van der Waals surface area contributed by atoms with Gasteiger partial charge in [0.15, 0.2) is 0 Å². The van der Waals surface area contributed by atoms with Crippen LogP contribution in [0.4, 0.5) is 0 Å². The number of carbonyl (C=O) groups is 1. The van der Waals surface area contributed by atoms with Crippen LogP contribution in [0.2, 0.25) is 0 Å². The standard InChI is InChI=1S/C29H42O4S/c1-19-6-8-22(9-7-19)34(31,32)33-21-12-17-29(5)26-14-16-28(4)24(20(2)30)10-11-25(28)23(26)13-15-27(29,3)18-21/h6-9,21,23-26H,10-18H2,1-5H3/t21-,23+,24-,25+,26+,27-,28+,29+/m0/s1. The minimum atomic E-state index is -3.75. The van der Waals surface area contributed by atoms with E-state index in [9.17, 15) is 13.2 Å². The number of rotatable bonds is 4. The Kier molecular flexibility index (Phi) is 5.88. The highest BCUT2D eigenvalue weighted by Crippen LogP contribution is 2.70. The summed E-state index contributed by atoms with van der Waals surface area (Å²) in [6.45, 7) is 11.1. The molecule has 0 saturated heterocycles. The lowest BCUT2D eigenvalue weighted by Gasteiger charge is -2.65. The summed E-state index contributed by atoms with van der Waals surface area (Å²) in [6.07, 6.45) is 9.38. The summed E-state index contributed by atoms with van der Waals surface area (Å²) >= 11 is 0. The lowest BCUT2D eigenvalue weighted by atomic mass is 9.40. The van der Waals surface area contributed by atoms with Crippen LogP contribution in [0.25, 0.3) is 0 Å². The third-order valence-electron chi connectivity index (χ3n) is 11.4. The number of ketones is 1. The topological polar surface area (TPSA) is 60.4 Å². The molecular weight excluding hydrogens is 444 g/mol. The molecule has 34 heavy (non-hydrogen) atoms. The highest BCUT2D eigenvalue weighted by molar-refractivity contribution is 7.86. The van der Waals surface area contributed by atoms with Gasteiger partial charge in [-0.3, -0.25) is 8.98 Å². The molecule has 0 bridgehead atoms. The molecule has 188 valence electrons. The summed E-state index contributed by atoms with van der Waals surface area (Å²) in [5.41, 5.74) is 1.52. The van der Waals surface area contributed by atoms with Crippen molar-refractivity contribution in [3.05, 3.63) is 29.8 Å². The molecule has 4 aliphatic rings. The molecule has 1 aromatic carbocycles. The lowest BCUT2D eigenvalue weighted by molar-refractivity contribution is -0.168. The van der Waals surface area contributed by atoms with Gasteiger partial charge >= 0.3 is 0 Å². The number of carbonyl (C=O) groups excluding carboxylic acids is 1. The van der Waals surface area contributed by atoms with Gasteiger partial charge in [-0.1, -0.05) is 38.5 Å². The molecule has 5 heteroatoms. The summed E-state index contributed by atoms with van der Waals surface area (Å²) < 4.78 is 31.8. The monoisotopic (exact) mass is 486 g/mol. The molecule has 0 aliphatic heterocycles. The van der Waals surface area contributed by atoms with E-state index in [1.54, 1.807) is 19.1 Å². The van der Waals surface area contributed by atoms with Crippen LogP contribution in [-0.2, 0) is 19.1 Å². The maximum Gasteiger partial charge on any atom is 0.297 e. The fourth-order valence-corrected chi connectivity index (χ4v) is 10.4. The first kappa shape index (κ1) is 24.5. The van der Waals surface area contributed by atoms with E-state index in [1.807, 2.05) is 19.1 Å². The van der Waals surface area contributed by atoms with Crippen molar-refractivity contribution in [3.8, 4) is 0 Å². The van der Waals surface area contributed by atoms with Crippen LogP contribution < -0.4 is 0 Å². The van der Waals surface area contributed by atoms with E-state index in [2.05, 4.69) is 20.8 Å². The van der Waals surface area contributed by atoms with Gasteiger partial charge in [0.1, 0.15) is 5.78 Å². The molecule has 5 rings (SSSR count). The van der Waals surface area contributed by atoms with Crippen molar-refractivity contribution >= 4 is 15.9 Å². The van der Waals surface area contributed by atoms with E-state index in [4.69, 9.17) is 4.18 Å². The van der Waals surface area contributed by atoms with Crippen LogP contribution in [0.5, 0.6) is 0 Å². The Bertz CT molecular complexity index is 1060. The molecule has 0 spiro atoms. The maximum absolute atomic E-state index is 13.0. The van der Waals surface area contributed by atoms with Crippen molar-refractivity contribution in [1.29, 1.82) is 0 Å². The van der Waals surface area contributed by atoms with Gasteiger partial charge in [-0.15, -0.1) is 0 Å². The van der Waals surface area contributed by atoms with Crippen LogP contribution in [0, 0.1) is 46.8 Å². The summed E-state index contributed by atoms with van der Waals surface area (Å²) in [5.74, 6) is 2.68. The van der Waals surface area contributed by atoms with Crippen molar-refractivity contribution in [3.63, 3.8) is 0 Å². The van der Waals surface area contributed by atoms with Crippen molar-refractivity contribution in [2.45, 2.75) is 103 Å². The second-order valence-electron chi connectivity index (χ2n) is 12.9. The predicted octanol–water partition coefficient (Wildman–Crippen LogP) is 6.71. The zero-order valence-corrected chi connectivity index (χ0v) is 22.4. The molecule has 0 amide bonds. The zero-order valence-electron chi connectivity index (χ0n) is 21.6. The van der Waals surface area contributed by atoms with Crippen LogP contribution in [0.3, 0.4) is 0 Å². The quantitative estimate of drug-likeness (QED) is 0.444. The number of aryl methyl sites for hydroxylation is 1. The Hall–Kier alpha value is -1.20. The van der Waals surface area contributed by atoms with E-state index >= 15 is 0 Å². The Morgan fingerprint density at radius 3 is 2.29 bits per heavy atom. The smallest absolute Gasteiger partial charge is 0.297 e. The first-order valence-corrected chi connectivity index (χ1v) is 14.8. The van der Waals surface area contributed by atoms with Gasteiger partial charge in [-0.05, 0) is 118 Å². The number of benzene rings is 1. The highest BCUT2D eigenvalue weighted by atomic mass is 32.2. The van der Waals surface area contributed by atoms with E-state index in [0.29, 0.717) is 23.5 Å². The molecule has 4 nitrogen and oxygen atoms in total. The van der Waals surface area contributed by atoms with Crippen LogP contribution >= 0.6 is 0 Å². The molecule has 4 saturated carbocycles. The Balaban J connectivity index is 1.34. The minimum absolute atomic E-state index is 0.0895. The van der Waals surface area contributed by atoms with Gasteiger partial charge in [0.2, 0.25) is 0 Å². The fraction of sp³-hybridized carbons (Fsp3) is 0.759. The Labute approximate surface area is 206 Å². The van der Waals surface area contributed by atoms with Crippen LogP contribution in [0.1, 0.15) is 91.0 Å². The van der Waals surface area contributed by atoms with Crippen molar-refractivity contribution < 1.29 is 17.4 Å². The number of hydrogen-bond acceptors (Lipinski definition) is 4. The zero-order chi connectivity index (χ0) is 24.5. The molecule has 0 heterocycles. The van der Waals surface area contributed by atoms with Gasteiger partial charge in [0.25, 0.3) is 10.1 Å². The average Bonchev–Trinajstić information content (AvgIpc) is 3.12. The molecule has 0 radical (unpaired) electrons. The fourth-order valence-electron chi connectivity index (χ4n) is 9.28. The van der Waals surface area contributed by atoms with Crippen LogP contribution in [-0.4, -0.2) is 20.3 Å². The Morgan fingerprint density at radius 1 is 0.912 bits per heavy atom. The van der Waals surface area contributed by atoms with Gasteiger partial charge in [-0.2, -0.15) is 8.42 Å². The summed E-state index contributed by atoms with van der Waals surface area (Å²) in [6, 6.07) is 6.96. The minimum Gasteiger partial charge on any atom is -0.300 e. The second kappa shape index (κ2) is 8.16. The molecule has 4 fully saturated rings. The molecule has 8 atom stereocenters. The Morgan fingerprint density at radius 2 is 1.62 bits per heavy atom. The molecular formula is C29H42O4S. The summed E-state index contributed by atoms with van der Waals surface area (Å²) in [4.78, 5) is 12.7. The number of Topliss-reactive ketones (excluding diaryl/α,β-unsaturated/α-hetero) is 1. The van der Waals surface area contributed by atoms with E-state index < -0.39 is 10.1 Å². The first-order chi connectivity index (χ1) is 15.9. The third-order valence-corrected chi connectivity index (χ3v) is 12.8. The molecule has 0 aromatic heterocycles. The SMILES string of the molecule is CC(=O)[C@@H]1CC[C@@H]2[C@H]3CC[C@@]4(C)C[C@@H](OS(=O)(=O)c5ccc(C)cc5)CC[C@]4(C)[C@@H]3CC[C@@]21C. The van der Waals surface area contributed by atoms with E-state index in [0.717, 1.165) is 44.1 Å². The van der Waals surface area contributed by atoms with Gasteiger partial charge in [0.05, 0.1) is 11.0 Å². The van der Waals surface area contributed by atoms with Crippen LogP contribution in [0.15, 0.2) is 29.2 Å². The average molecular weight is 487 g/mol. The summed E-state index contributed by atoms with van der Waals surface area (Å²) in [5, 5.41) is 0. The highest BCUT2D eigenvalue weighted by Gasteiger charge is 2.64. The number of fused-ring (bicyclic) bond motifs is 5. The first-order valence-electron chi connectivity index (χ1n) is 13.4. The van der Waals surface area contributed by atoms with Gasteiger partial charge in [0, 0.05) is 5.92 Å². The van der Waals surface area contributed by atoms with E-state index in [1.165, 1.54) is 19.3 Å². The van der Waals surface area contributed by atoms with Crippen molar-refractivity contribution in [2.24, 2.45) is 39.9 Å². The lowest BCUT2D eigenvalue weighted by Crippen LogP contribution is -2.58. The normalized spacial score (nSPS) is 44.1.